The van der Waals surface area contributed by atoms with Crippen molar-refractivity contribution in [2.75, 3.05) is 7.11 Å². The Morgan fingerprint density at radius 3 is 2.63 bits per heavy atom. The fourth-order valence-corrected chi connectivity index (χ4v) is 1.40. The van der Waals surface area contributed by atoms with Crippen LogP contribution in [-0.2, 0) is 20.7 Å². The first-order valence-electron chi connectivity index (χ1n) is 5.86. The highest BCUT2D eigenvalue weighted by Crippen LogP contribution is 2.08. The number of ether oxygens (including phenoxy) is 2. The van der Waals surface area contributed by atoms with E-state index in [9.17, 15) is 9.59 Å². The minimum Gasteiger partial charge on any atom is -0.467 e. The zero-order chi connectivity index (χ0) is 14.5. The van der Waals surface area contributed by atoms with Crippen molar-refractivity contribution in [3.63, 3.8) is 0 Å². The van der Waals surface area contributed by atoms with Gasteiger partial charge in [0.2, 0.25) is 0 Å². The smallest absolute Gasteiger partial charge is 0.408 e. The van der Waals surface area contributed by atoms with Gasteiger partial charge < -0.3 is 19.8 Å². The van der Waals surface area contributed by atoms with E-state index < -0.39 is 23.7 Å². The number of amides is 1. The summed E-state index contributed by atoms with van der Waals surface area (Å²) in [6.07, 6.45) is 2.66. The Morgan fingerprint density at radius 1 is 1.47 bits per heavy atom. The lowest BCUT2D eigenvalue weighted by molar-refractivity contribution is -0.143. The molecule has 1 amide bonds. The van der Waals surface area contributed by atoms with Crippen molar-refractivity contribution < 1.29 is 19.1 Å². The van der Waals surface area contributed by atoms with Gasteiger partial charge in [0, 0.05) is 18.3 Å². The monoisotopic (exact) mass is 269 g/mol. The fourth-order valence-electron chi connectivity index (χ4n) is 1.40. The van der Waals surface area contributed by atoms with Crippen LogP contribution in [-0.4, -0.2) is 40.8 Å². The number of H-pyrrole nitrogens is 1. The quantitative estimate of drug-likeness (QED) is 0.796. The maximum absolute atomic E-state index is 11.7. The number of hydrogen-bond acceptors (Lipinski definition) is 5. The molecule has 0 fully saturated rings. The number of rotatable bonds is 4. The summed E-state index contributed by atoms with van der Waals surface area (Å²) in [6.45, 7) is 5.23. The summed E-state index contributed by atoms with van der Waals surface area (Å²) >= 11 is 0. The predicted octanol–water partition coefficient (Wildman–Crippen LogP) is 1.02. The molecule has 7 nitrogen and oxygen atoms in total. The molecule has 0 saturated carbocycles. The summed E-state index contributed by atoms with van der Waals surface area (Å²) in [4.78, 5) is 30.0. The van der Waals surface area contributed by atoms with Crippen LogP contribution in [0.15, 0.2) is 12.5 Å². The topological polar surface area (TPSA) is 93.3 Å². The predicted molar refractivity (Wildman–Crippen MR) is 67.5 cm³/mol. The van der Waals surface area contributed by atoms with Gasteiger partial charge in [-0.1, -0.05) is 0 Å². The van der Waals surface area contributed by atoms with E-state index in [1.54, 1.807) is 27.0 Å². The Balaban J connectivity index is 2.65. The van der Waals surface area contributed by atoms with Crippen molar-refractivity contribution in [2.24, 2.45) is 0 Å². The third kappa shape index (κ3) is 5.41. The highest BCUT2D eigenvalue weighted by molar-refractivity contribution is 5.81. The minimum atomic E-state index is -0.819. The number of hydrogen-bond donors (Lipinski definition) is 2. The normalized spacial score (nSPS) is 12.6. The van der Waals surface area contributed by atoms with Crippen LogP contribution in [0.5, 0.6) is 0 Å². The van der Waals surface area contributed by atoms with E-state index in [-0.39, 0.29) is 6.42 Å². The molecule has 0 aliphatic rings. The van der Waals surface area contributed by atoms with Gasteiger partial charge in [0.1, 0.15) is 11.6 Å². The number of aromatic nitrogens is 2. The van der Waals surface area contributed by atoms with Gasteiger partial charge in [-0.15, -0.1) is 0 Å². The number of esters is 1. The second kappa shape index (κ2) is 6.21. The van der Waals surface area contributed by atoms with E-state index >= 15 is 0 Å². The largest absolute Gasteiger partial charge is 0.467 e. The molecule has 0 unspecified atom stereocenters. The first-order chi connectivity index (χ1) is 8.81. The molecule has 1 aromatic rings. The second-order valence-corrected chi connectivity index (χ2v) is 5.00. The van der Waals surface area contributed by atoms with Gasteiger partial charge >= 0.3 is 12.1 Å². The molecule has 2 N–H and O–H groups in total. The van der Waals surface area contributed by atoms with Gasteiger partial charge in [0.25, 0.3) is 0 Å². The highest BCUT2D eigenvalue weighted by atomic mass is 16.6. The van der Waals surface area contributed by atoms with E-state index in [2.05, 4.69) is 20.0 Å². The Labute approximate surface area is 111 Å². The number of aromatic amines is 1. The summed E-state index contributed by atoms with van der Waals surface area (Å²) < 4.78 is 9.75. The minimum absolute atomic E-state index is 0.256. The molecule has 0 bridgehead atoms. The number of nitrogens with one attached hydrogen (secondary N) is 2. The van der Waals surface area contributed by atoms with Crippen molar-refractivity contribution in [3.8, 4) is 0 Å². The summed E-state index contributed by atoms with van der Waals surface area (Å²) in [5.41, 5.74) is 0.0881. The van der Waals surface area contributed by atoms with Crippen LogP contribution in [0.2, 0.25) is 0 Å². The van der Waals surface area contributed by atoms with Gasteiger partial charge in [-0.05, 0) is 20.8 Å². The van der Waals surface area contributed by atoms with Crippen molar-refractivity contribution in [1.82, 2.24) is 15.3 Å². The van der Waals surface area contributed by atoms with E-state index in [1.807, 2.05) is 0 Å². The van der Waals surface area contributed by atoms with Crippen molar-refractivity contribution in [3.05, 3.63) is 18.2 Å². The summed E-state index contributed by atoms with van der Waals surface area (Å²) in [5.74, 6) is -0.541. The molecular weight excluding hydrogens is 250 g/mol. The van der Waals surface area contributed by atoms with E-state index in [0.717, 1.165) is 0 Å². The lowest BCUT2D eigenvalue weighted by Crippen LogP contribution is -2.45. The average Bonchev–Trinajstić information content (AvgIpc) is 2.77. The average molecular weight is 269 g/mol. The van der Waals surface area contributed by atoms with Crippen LogP contribution < -0.4 is 5.32 Å². The first-order valence-corrected chi connectivity index (χ1v) is 5.86. The second-order valence-electron chi connectivity index (χ2n) is 5.00. The van der Waals surface area contributed by atoms with Crippen molar-refractivity contribution in [1.29, 1.82) is 0 Å². The van der Waals surface area contributed by atoms with Gasteiger partial charge in [0.05, 0.1) is 13.4 Å². The molecule has 0 saturated heterocycles. The molecule has 19 heavy (non-hydrogen) atoms. The fraction of sp³-hybridized carbons (Fsp3) is 0.583. The zero-order valence-corrected chi connectivity index (χ0v) is 11.5. The van der Waals surface area contributed by atoms with Crippen molar-refractivity contribution >= 4 is 12.1 Å². The number of alkyl carbamates (subject to hydrolysis) is 1. The van der Waals surface area contributed by atoms with E-state index in [1.165, 1.54) is 13.4 Å². The summed E-state index contributed by atoms with van der Waals surface area (Å²) in [6, 6.07) is -0.819. The van der Waals surface area contributed by atoms with E-state index in [0.29, 0.717) is 5.69 Å². The third-order valence-electron chi connectivity index (χ3n) is 2.16. The third-order valence-corrected chi connectivity index (χ3v) is 2.16. The van der Waals surface area contributed by atoms with Crippen LogP contribution in [0.4, 0.5) is 4.79 Å². The van der Waals surface area contributed by atoms with Gasteiger partial charge in [-0.25, -0.2) is 14.6 Å². The van der Waals surface area contributed by atoms with Crippen LogP contribution >= 0.6 is 0 Å². The van der Waals surface area contributed by atoms with Gasteiger partial charge in [-0.3, -0.25) is 0 Å². The summed E-state index contributed by atoms with van der Waals surface area (Å²) in [5, 5.41) is 2.48. The first kappa shape index (κ1) is 15.0. The molecular formula is C12H19N3O4. The molecule has 1 aromatic heterocycles. The molecule has 0 aliphatic heterocycles. The maximum Gasteiger partial charge on any atom is 0.408 e. The molecule has 0 radical (unpaired) electrons. The van der Waals surface area contributed by atoms with Crippen LogP contribution in [0.25, 0.3) is 0 Å². The number of imidazole rings is 1. The standard InChI is InChI=1S/C12H19N3O4/c1-12(2,3)19-11(17)15-9(10(16)18-4)5-8-6-13-7-14-8/h6-7,9H,5H2,1-4H3,(H,13,14)(H,15,17)/t9-/m1/s1. The molecule has 1 heterocycles. The molecule has 0 aromatic carbocycles. The highest BCUT2D eigenvalue weighted by Gasteiger charge is 2.25. The van der Waals surface area contributed by atoms with E-state index in [4.69, 9.17) is 4.74 Å². The SMILES string of the molecule is COC(=O)[C@@H](Cc1cnc[nH]1)NC(=O)OC(C)(C)C. The lowest BCUT2D eigenvalue weighted by Gasteiger charge is -2.22. The van der Waals surface area contributed by atoms with Crippen molar-refractivity contribution in [2.45, 2.75) is 38.8 Å². The molecule has 1 rings (SSSR count). The van der Waals surface area contributed by atoms with Gasteiger partial charge in [0.15, 0.2) is 0 Å². The Morgan fingerprint density at radius 2 is 2.16 bits per heavy atom. The van der Waals surface area contributed by atoms with Crippen LogP contribution in [0.3, 0.4) is 0 Å². The lowest BCUT2D eigenvalue weighted by atomic mass is 10.1. The molecule has 7 heteroatoms. The molecule has 1 atom stereocenters. The molecule has 106 valence electrons. The Hall–Kier alpha value is -2.05. The number of methoxy groups -OCH3 is 1. The number of carbonyl (C=O) groups is 2. The number of carbonyl (C=O) groups excluding carboxylic acids is 2. The number of nitrogens with zero attached hydrogens (tertiary/aromatic N) is 1. The Bertz CT molecular complexity index is 423. The van der Waals surface area contributed by atoms with Gasteiger partial charge in [-0.2, -0.15) is 0 Å². The molecule has 0 spiro atoms. The van der Waals surface area contributed by atoms with Crippen LogP contribution in [0.1, 0.15) is 26.5 Å². The zero-order valence-electron chi connectivity index (χ0n) is 11.5. The Kier molecular flexibility index (Phi) is 4.91. The molecule has 0 aliphatic carbocycles. The summed E-state index contributed by atoms with van der Waals surface area (Å²) in [7, 11) is 1.26. The maximum atomic E-state index is 11.7. The van der Waals surface area contributed by atoms with Crippen LogP contribution in [0, 0.1) is 0 Å².